The van der Waals surface area contributed by atoms with Gasteiger partial charge in [0.15, 0.2) is 5.82 Å². The number of anilines is 1. The van der Waals surface area contributed by atoms with Crippen LogP contribution in [0.5, 0.6) is 0 Å². The molecule has 0 aliphatic carbocycles. The molecular weight excluding hydrogens is 254 g/mol. The second kappa shape index (κ2) is 5.28. The van der Waals surface area contributed by atoms with E-state index in [1.165, 1.54) is 0 Å². The molecule has 1 aliphatic rings. The standard InChI is InChI=1S/C14H21N5O/c1-3-12-10(6-8-20-12)13-16-14(18-17-13)19-7-4-5-11(15)9(19)2/h6,8-9,11H,3-5,7,15H2,1-2H3,(H,16,17,18). The summed E-state index contributed by atoms with van der Waals surface area (Å²) in [5, 5.41) is 7.36. The second-order valence-corrected chi connectivity index (χ2v) is 5.34. The number of hydrogen-bond acceptors (Lipinski definition) is 5. The van der Waals surface area contributed by atoms with Gasteiger partial charge < -0.3 is 15.1 Å². The van der Waals surface area contributed by atoms with Crippen LogP contribution in [-0.4, -0.2) is 33.8 Å². The van der Waals surface area contributed by atoms with Gasteiger partial charge in [0.25, 0.3) is 0 Å². The van der Waals surface area contributed by atoms with Crippen molar-refractivity contribution in [1.82, 2.24) is 15.2 Å². The van der Waals surface area contributed by atoms with Crippen molar-refractivity contribution in [3.05, 3.63) is 18.1 Å². The zero-order chi connectivity index (χ0) is 14.1. The van der Waals surface area contributed by atoms with Crippen molar-refractivity contribution in [2.24, 2.45) is 5.73 Å². The highest BCUT2D eigenvalue weighted by molar-refractivity contribution is 5.58. The van der Waals surface area contributed by atoms with Gasteiger partial charge in [0.1, 0.15) is 5.76 Å². The monoisotopic (exact) mass is 275 g/mol. The number of hydrogen-bond donors (Lipinski definition) is 2. The summed E-state index contributed by atoms with van der Waals surface area (Å²) in [6, 6.07) is 2.38. The lowest BCUT2D eigenvalue weighted by Gasteiger charge is -2.36. The van der Waals surface area contributed by atoms with Crippen LogP contribution in [0.15, 0.2) is 16.7 Å². The van der Waals surface area contributed by atoms with E-state index in [4.69, 9.17) is 10.2 Å². The number of furan rings is 1. The number of aryl methyl sites for hydroxylation is 1. The maximum absolute atomic E-state index is 6.13. The minimum atomic E-state index is 0.186. The molecule has 6 nitrogen and oxygen atoms in total. The van der Waals surface area contributed by atoms with Gasteiger partial charge >= 0.3 is 0 Å². The third-order valence-electron chi connectivity index (χ3n) is 4.10. The lowest BCUT2D eigenvalue weighted by Crippen LogP contribution is -2.50. The largest absolute Gasteiger partial charge is 0.469 e. The first kappa shape index (κ1) is 13.2. The van der Waals surface area contributed by atoms with Gasteiger partial charge in [-0.15, -0.1) is 5.10 Å². The van der Waals surface area contributed by atoms with Crippen LogP contribution in [0, 0.1) is 0 Å². The normalized spacial score (nSPS) is 23.2. The molecule has 0 aromatic carbocycles. The predicted molar refractivity (Wildman–Crippen MR) is 77.5 cm³/mol. The van der Waals surface area contributed by atoms with Gasteiger partial charge in [-0.25, -0.2) is 0 Å². The smallest absolute Gasteiger partial charge is 0.245 e. The summed E-state index contributed by atoms with van der Waals surface area (Å²) in [7, 11) is 0. The Labute approximate surface area is 118 Å². The summed E-state index contributed by atoms with van der Waals surface area (Å²) < 4.78 is 5.44. The van der Waals surface area contributed by atoms with Crippen LogP contribution in [-0.2, 0) is 6.42 Å². The molecule has 0 saturated carbocycles. The maximum Gasteiger partial charge on any atom is 0.245 e. The molecule has 1 fully saturated rings. The number of H-pyrrole nitrogens is 1. The van der Waals surface area contributed by atoms with Crippen molar-refractivity contribution in [2.75, 3.05) is 11.4 Å². The maximum atomic E-state index is 6.13. The number of nitrogens with zero attached hydrogens (tertiary/aromatic N) is 3. The molecule has 0 bridgehead atoms. The molecule has 1 aliphatic heterocycles. The Balaban J connectivity index is 1.87. The van der Waals surface area contributed by atoms with Crippen LogP contribution < -0.4 is 10.6 Å². The third-order valence-corrected chi connectivity index (χ3v) is 4.10. The van der Waals surface area contributed by atoms with E-state index < -0.39 is 0 Å². The fourth-order valence-corrected chi connectivity index (χ4v) is 2.78. The van der Waals surface area contributed by atoms with E-state index in [1.54, 1.807) is 6.26 Å². The van der Waals surface area contributed by atoms with Crippen LogP contribution in [0.4, 0.5) is 5.95 Å². The molecule has 2 aromatic rings. The van der Waals surface area contributed by atoms with Crippen molar-refractivity contribution >= 4 is 5.95 Å². The van der Waals surface area contributed by atoms with Crippen LogP contribution >= 0.6 is 0 Å². The molecule has 1 saturated heterocycles. The van der Waals surface area contributed by atoms with Gasteiger partial charge in [-0.2, -0.15) is 4.98 Å². The molecule has 3 rings (SSSR count). The molecule has 108 valence electrons. The average molecular weight is 275 g/mol. The fourth-order valence-electron chi connectivity index (χ4n) is 2.78. The van der Waals surface area contributed by atoms with Crippen molar-refractivity contribution in [3.63, 3.8) is 0 Å². The SMILES string of the molecule is CCc1occc1-c1nc(N2CCCC(N)C2C)n[nH]1. The van der Waals surface area contributed by atoms with E-state index in [-0.39, 0.29) is 12.1 Å². The summed E-state index contributed by atoms with van der Waals surface area (Å²) in [5.41, 5.74) is 7.12. The van der Waals surface area contributed by atoms with Crippen molar-refractivity contribution in [3.8, 4) is 11.4 Å². The van der Waals surface area contributed by atoms with E-state index in [2.05, 4.69) is 33.9 Å². The van der Waals surface area contributed by atoms with E-state index in [0.29, 0.717) is 0 Å². The number of rotatable bonds is 3. The van der Waals surface area contributed by atoms with Crippen molar-refractivity contribution in [1.29, 1.82) is 0 Å². The van der Waals surface area contributed by atoms with Gasteiger partial charge in [-0.3, -0.25) is 5.10 Å². The molecular formula is C14H21N5O. The minimum absolute atomic E-state index is 0.186. The Morgan fingerprint density at radius 1 is 1.55 bits per heavy atom. The van der Waals surface area contributed by atoms with Gasteiger partial charge in [0.2, 0.25) is 5.95 Å². The molecule has 0 amide bonds. The molecule has 3 heterocycles. The molecule has 2 atom stereocenters. The van der Waals surface area contributed by atoms with E-state index in [0.717, 1.165) is 48.9 Å². The van der Waals surface area contributed by atoms with Crippen LogP contribution in [0.25, 0.3) is 11.4 Å². The van der Waals surface area contributed by atoms with Gasteiger partial charge in [0.05, 0.1) is 11.8 Å². The summed E-state index contributed by atoms with van der Waals surface area (Å²) in [5.74, 6) is 2.42. The van der Waals surface area contributed by atoms with E-state index in [9.17, 15) is 0 Å². The topological polar surface area (TPSA) is 84.0 Å². The van der Waals surface area contributed by atoms with Crippen molar-refractivity contribution in [2.45, 2.75) is 45.2 Å². The molecule has 0 radical (unpaired) electrons. The average Bonchev–Trinajstić information content (AvgIpc) is 3.09. The molecule has 3 N–H and O–H groups in total. The zero-order valence-corrected chi connectivity index (χ0v) is 12.0. The number of aromatic amines is 1. The summed E-state index contributed by atoms with van der Waals surface area (Å²) in [6.07, 6.45) is 4.68. The highest BCUT2D eigenvalue weighted by atomic mass is 16.3. The van der Waals surface area contributed by atoms with Gasteiger partial charge in [-0.05, 0) is 25.8 Å². The summed E-state index contributed by atoms with van der Waals surface area (Å²) in [6.45, 7) is 5.15. The Morgan fingerprint density at radius 2 is 2.40 bits per heavy atom. The zero-order valence-electron chi connectivity index (χ0n) is 12.0. The quantitative estimate of drug-likeness (QED) is 0.894. The van der Waals surface area contributed by atoms with E-state index in [1.807, 2.05) is 6.07 Å². The Kier molecular flexibility index (Phi) is 3.48. The third kappa shape index (κ3) is 2.20. The summed E-state index contributed by atoms with van der Waals surface area (Å²) >= 11 is 0. The first-order chi connectivity index (χ1) is 9.70. The highest BCUT2D eigenvalue weighted by Crippen LogP contribution is 2.26. The minimum Gasteiger partial charge on any atom is -0.469 e. The van der Waals surface area contributed by atoms with Crippen molar-refractivity contribution < 1.29 is 4.42 Å². The number of nitrogens with two attached hydrogens (primary N) is 1. The van der Waals surface area contributed by atoms with E-state index >= 15 is 0 Å². The highest BCUT2D eigenvalue weighted by Gasteiger charge is 2.28. The number of piperidine rings is 1. The Morgan fingerprint density at radius 3 is 3.20 bits per heavy atom. The molecule has 6 heteroatoms. The van der Waals surface area contributed by atoms with Crippen LogP contribution in [0.2, 0.25) is 0 Å². The molecule has 2 aromatic heterocycles. The molecule has 20 heavy (non-hydrogen) atoms. The Bertz CT molecular complexity index is 576. The van der Waals surface area contributed by atoms with Crippen LogP contribution in [0.1, 0.15) is 32.4 Å². The second-order valence-electron chi connectivity index (χ2n) is 5.34. The first-order valence-electron chi connectivity index (χ1n) is 7.22. The van der Waals surface area contributed by atoms with Gasteiger partial charge in [-0.1, -0.05) is 6.92 Å². The lowest BCUT2D eigenvalue weighted by atomic mass is 9.99. The first-order valence-corrected chi connectivity index (χ1v) is 7.22. The lowest BCUT2D eigenvalue weighted by molar-refractivity contribution is 0.416. The molecule has 2 unspecified atom stereocenters. The van der Waals surface area contributed by atoms with Gasteiger partial charge in [0, 0.05) is 25.0 Å². The number of aromatic nitrogens is 3. The van der Waals surface area contributed by atoms with Crippen LogP contribution in [0.3, 0.4) is 0 Å². The number of nitrogens with one attached hydrogen (secondary N) is 1. The Hall–Kier alpha value is -1.82. The fraction of sp³-hybridized carbons (Fsp3) is 0.571. The predicted octanol–water partition coefficient (Wildman–Crippen LogP) is 1.94. The molecule has 0 spiro atoms. The summed E-state index contributed by atoms with van der Waals surface area (Å²) in [4.78, 5) is 6.79.